The molecule has 0 aliphatic heterocycles. The van der Waals surface area contributed by atoms with Crippen LogP contribution in [0.2, 0.25) is 0 Å². The van der Waals surface area contributed by atoms with Crippen LogP contribution >= 0.6 is 11.6 Å². The minimum Gasteiger partial charge on any atom is -0.493 e. The molecule has 6 nitrogen and oxygen atoms in total. The largest absolute Gasteiger partial charge is 0.493 e. The summed E-state index contributed by atoms with van der Waals surface area (Å²) < 4.78 is 21.7. The zero-order valence-electron chi connectivity index (χ0n) is 15.8. The van der Waals surface area contributed by atoms with E-state index in [0.29, 0.717) is 45.9 Å². The summed E-state index contributed by atoms with van der Waals surface area (Å²) >= 11 is 5.86. The molecule has 0 aliphatic carbocycles. The van der Waals surface area contributed by atoms with E-state index in [9.17, 15) is 4.79 Å². The molecule has 0 aliphatic rings. The van der Waals surface area contributed by atoms with Gasteiger partial charge in [-0.25, -0.2) is 9.78 Å². The van der Waals surface area contributed by atoms with E-state index >= 15 is 0 Å². The number of ether oxygens (including phenoxy) is 3. The lowest BCUT2D eigenvalue weighted by Gasteiger charge is -2.10. The number of carbonyl (C=O) groups is 1. The fraction of sp³-hybridized carbons (Fsp3) is 0.238. The van der Waals surface area contributed by atoms with E-state index in [1.807, 2.05) is 31.2 Å². The summed E-state index contributed by atoms with van der Waals surface area (Å²) in [7, 11) is 2.92. The first-order valence-corrected chi connectivity index (χ1v) is 9.10. The van der Waals surface area contributed by atoms with Gasteiger partial charge in [0.2, 0.25) is 5.89 Å². The van der Waals surface area contributed by atoms with Crippen LogP contribution in [0.3, 0.4) is 0 Å². The lowest BCUT2D eigenvalue weighted by molar-refractivity contribution is 0.0601. The van der Waals surface area contributed by atoms with Gasteiger partial charge >= 0.3 is 5.97 Å². The molecule has 0 saturated carbocycles. The van der Waals surface area contributed by atoms with Gasteiger partial charge in [0.05, 0.1) is 19.8 Å². The molecule has 7 heteroatoms. The van der Waals surface area contributed by atoms with Gasteiger partial charge in [0.1, 0.15) is 18.1 Å². The molecule has 0 fully saturated rings. The Morgan fingerprint density at radius 3 is 2.68 bits per heavy atom. The summed E-state index contributed by atoms with van der Waals surface area (Å²) in [5.41, 5.74) is 2.71. The second kappa shape index (κ2) is 8.80. The van der Waals surface area contributed by atoms with Crippen LogP contribution in [0, 0.1) is 6.92 Å². The molecule has 28 heavy (non-hydrogen) atoms. The number of benzene rings is 2. The van der Waals surface area contributed by atoms with Gasteiger partial charge < -0.3 is 18.6 Å². The molecule has 0 radical (unpaired) electrons. The quantitative estimate of drug-likeness (QED) is 0.419. The minimum atomic E-state index is -0.416. The molecule has 1 heterocycles. The van der Waals surface area contributed by atoms with Crippen LogP contribution in [-0.2, 0) is 17.2 Å². The van der Waals surface area contributed by atoms with E-state index in [1.54, 1.807) is 25.3 Å². The molecular formula is C21H20ClNO5. The number of rotatable bonds is 7. The Labute approximate surface area is 168 Å². The van der Waals surface area contributed by atoms with Crippen molar-refractivity contribution in [1.29, 1.82) is 0 Å². The van der Waals surface area contributed by atoms with Crippen molar-refractivity contribution >= 4 is 17.6 Å². The zero-order valence-corrected chi connectivity index (χ0v) is 16.6. The maximum Gasteiger partial charge on any atom is 0.337 e. The molecule has 0 bridgehead atoms. The number of alkyl halides is 1. The van der Waals surface area contributed by atoms with Gasteiger partial charge in [-0.2, -0.15) is 0 Å². The predicted molar refractivity (Wildman–Crippen MR) is 105 cm³/mol. The van der Waals surface area contributed by atoms with Crippen molar-refractivity contribution < 1.29 is 23.4 Å². The Morgan fingerprint density at radius 2 is 1.96 bits per heavy atom. The maximum atomic E-state index is 11.7. The predicted octanol–water partition coefficient (Wildman–Crippen LogP) is 4.76. The van der Waals surface area contributed by atoms with Gasteiger partial charge in [-0.3, -0.25) is 0 Å². The fourth-order valence-electron chi connectivity index (χ4n) is 2.64. The van der Waals surface area contributed by atoms with Gasteiger partial charge in [-0.1, -0.05) is 12.1 Å². The maximum absolute atomic E-state index is 11.7. The topological polar surface area (TPSA) is 70.8 Å². The number of methoxy groups -OCH3 is 2. The smallest absolute Gasteiger partial charge is 0.337 e. The number of aryl methyl sites for hydroxylation is 1. The molecular weight excluding hydrogens is 382 g/mol. The molecule has 3 aromatic rings. The van der Waals surface area contributed by atoms with Gasteiger partial charge in [-0.15, -0.1) is 11.6 Å². The van der Waals surface area contributed by atoms with Crippen LogP contribution in [0.5, 0.6) is 11.5 Å². The summed E-state index contributed by atoms with van der Waals surface area (Å²) in [5, 5.41) is 0. The summed E-state index contributed by atoms with van der Waals surface area (Å²) in [6, 6.07) is 12.4. The summed E-state index contributed by atoms with van der Waals surface area (Å²) in [6.07, 6.45) is 0. The Balaban J connectivity index is 1.79. The van der Waals surface area contributed by atoms with Gasteiger partial charge in [-0.05, 0) is 42.8 Å². The number of halogens is 1. The molecule has 0 saturated heterocycles. The van der Waals surface area contributed by atoms with E-state index < -0.39 is 5.97 Å². The van der Waals surface area contributed by atoms with E-state index in [4.69, 9.17) is 30.2 Å². The van der Waals surface area contributed by atoms with Gasteiger partial charge in [0, 0.05) is 11.4 Å². The van der Waals surface area contributed by atoms with Crippen LogP contribution in [0.4, 0.5) is 0 Å². The number of aromatic nitrogens is 1. The highest BCUT2D eigenvalue weighted by atomic mass is 35.5. The number of oxazole rings is 1. The van der Waals surface area contributed by atoms with Gasteiger partial charge in [0.15, 0.2) is 11.5 Å². The van der Waals surface area contributed by atoms with Crippen LogP contribution in [0.1, 0.15) is 27.4 Å². The van der Waals surface area contributed by atoms with Crippen molar-refractivity contribution in [2.24, 2.45) is 0 Å². The lowest BCUT2D eigenvalue weighted by atomic mass is 10.1. The monoisotopic (exact) mass is 401 g/mol. The molecule has 0 unspecified atom stereocenters. The second-order valence-corrected chi connectivity index (χ2v) is 6.27. The molecule has 146 valence electrons. The Bertz CT molecular complexity index is 983. The van der Waals surface area contributed by atoms with Crippen molar-refractivity contribution in [3.63, 3.8) is 0 Å². The van der Waals surface area contributed by atoms with Crippen LogP contribution in [0.25, 0.3) is 11.5 Å². The minimum absolute atomic E-state index is 0.211. The highest BCUT2D eigenvalue weighted by Crippen LogP contribution is 2.30. The molecule has 0 N–H and O–H groups in total. The number of esters is 1. The highest BCUT2D eigenvalue weighted by Gasteiger charge is 2.15. The third kappa shape index (κ3) is 4.28. The average molecular weight is 402 g/mol. The van der Waals surface area contributed by atoms with Crippen molar-refractivity contribution in [3.8, 4) is 23.0 Å². The van der Waals surface area contributed by atoms with Crippen LogP contribution < -0.4 is 9.47 Å². The SMILES string of the molecule is COC(=O)c1cccc(-c2nc(COc3ccc(CCl)cc3OC)c(C)o2)c1. The number of carbonyl (C=O) groups excluding carboxylic acids is 1. The normalized spacial score (nSPS) is 10.6. The zero-order chi connectivity index (χ0) is 20.1. The lowest BCUT2D eigenvalue weighted by Crippen LogP contribution is -2.01. The van der Waals surface area contributed by atoms with E-state index in [2.05, 4.69) is 4.98 Å². The standard InChI is InChI=1S/C21H20ClNO5/c1-13-17(12-27-18-8-7-14(11-22)9-19(18)25-2)23-20(28-13)15-5-4-6-16(10-15)21(24)26-3/h4-10H,11-12H2,1-3H3. The number of nitrogens with zero attached hydrogens (tertiary/aromatic N) is 1. The van der Waals surface area contributed by atoms with Gasteiger partial charge in [0.25, 0.3) is 0 Å². The third-order valence-corrected chi connectivity index (χ3v) is 4.48. The molecule has 0 atom stereocenters. The Kier molecular flexibility index (Phi) is 6.21. The molecule has 0 spiro atoms. The average Bonchev–Trinajstić information content (AvgIpc) is 3.12. The first kappa shape index (κ1) is 19.8. The van der Waals surface area contributed by atoms with Crippen molar-refractivity contribution in [3.05, 3.63) is 65.0 Å². The van der Waals surface area contributed by atoms with Crippen LogP contribution in [-0.4, -0.2) is 25.2 Å². The fourth-order valence-corrected chi connectivity index (χ4v) is 2.81. The highest BCUT2D eigenvalue weighted by molar-refractivity contribution is 6.17. The molecule has 2 aromatic carbocycles. The second-order valence-electron chi connectivity index (χ2n) is 6.00. The summed E-state index contributed by atoms with van der Waals surface area (Å²) in [4.78, 5) is 16.2. The Morgan fingerprint density at radius 1 is 1.14 bits per heavy atom. The first-order valence-electron chi connectivity index (χ1n) is 8.56. The Hall–Kier alpha value is -2.99. The van der Waals surface area contributed by atoms with Crippen LogP contribution in [0.15, 0.2) is 46.9 Å². The van der Waals surface area contributed by atoms with Crippen molar-refractivity contribution in [2.45, 2.75) is 19.4 Å². The van der Waals surface area contributed by atoms with E-state index in [0.717, 1.165) is 5.56 Å². The van der Waals surface area contributed by atoms with E-state index in [1.165, 1.54) is 7.11 Å². The number of hydrogen-bond acceptors (Lipinski definition) is 6. The van der Waals surface area contributed by atoms with E-state index in [-0.39, 0.29) is 6.61 Å². The molecule has 3 rings (SSSR count). The first-order chi connectivity index (χ1) is 13.5. The molecule has 1 aromatic heterocycles. The summed E-state index contributed by atoms with van der Waals surface area (Å²) in [5.74, 6) is 2.22. The van der Waals surface area contributed by atoms with Crippen molar-refractivity contribution in [2.75, 3.05) is 14.2 Å². The number of hydrogen-bond donors (Lipinski definition) is 0. The molecule has 0 amide bonds. The third-order valence-electron chi connectivity index (χ3n) is 4.17. The van der Waals surface area contributed by atoms with Crippen molar-refractivity contribution in [1.82, 2.24) is 4.98 Å². The summed E-state index contributed by atoms with van der Waals surface area (Å²) in [6.45, 7) is 2.02.